The normalized spacial score (nSPS) is 13.0. The number of esters is 1. The van der Waals surface area contributed by atoms with Crippen LogP contribution in [0.15, 0.2) is 11.3 Å². The van der Waals surface area contributed by atoms with E-state index in [1.54, 1.807) is 6.92 Å². The molecule has 0 aromatic rings. The van der Waals surface area contributed by atoms with Gasteiger partial charge in [0.05, 0.1) is 6.61 Å². The highest BCUT2D eigenvalue weighted by molar-refractivity contribution is 6.21. The van der Waals surface area contributed by atoms with Gasteiger partial charge in [-0.3, -0.25) is 5.41 Å². The predicted molar refractivity (Wildman–Crippen MR) is 55.0 cm³/mol. The molecule has 0 rings (SSSR count). The molecule has 7 heteroatoms. The molecule has 0 radical (unpaired) electrons. The van der Waals surface area contributed by atoms with Gasteiger partial charge in [0.2, 0.25) is 0 Å². The molecule has 0 aliphatic rings. The Bertz CT molecular complexity index is 334. The summed E-state index contributed by atoms with van der Waals surface area (Å²) in [6.07, 6.45) is -4.77. The van der Waals surface area contributed by atoms with Crippen LogP contribution in [0, 0.1) is 5.41 Å². The monoisotopic (exact) mass is 253 g/mol. The molecule has 0 aliphatic carbocycles. The van der Waals surface area contributed by atoms with Gasteiger partial charge >= 0.3 is 12.1 Å². The van der Waals surface area contributed by atoms with E-state index < -0.39 is 29.2 Å². The van der Waals surface area contributed by atoms with Crippen LogP contribution < -0.4 is 0 Å². The Balaban J connectivity index is 5.34. The van der Waals surface area contributed by atoms with E-state index in [0.717, 1.165) is 0 Å². The van der Waals surface area contributed by atoms with Crippen LogP contribution in [0.1, 0.15) is 26.7 Å². The second-order valence-corrected chi connectivity index (χ2v) is 3.16. The molecule has 0 amide bonds. The van der Waals surface area contributed by atoms with Gasteiger partial charge in [-0.05, 0) is 13.3 Å². The van der Waals surface area contributed by atoms with Crippen LogP contribution >= 0.6 is 0 Å². The number of carbonyl (C=O) groups excluding carboxylic acids is 1. The molecule has 0 heterocycles. The largest absolute Gasteiger partial charge is 0.511 e. The molecule has 0 spiro atoms. The first-order valence-corrected chi connectivity index (χ1v) is 5.01. The van der Waals surface area contributed by atoms with Gasteiger partial charge in [0, 0.05) is 6.42 Å². The average Bonchev–Trinajstić information content (AvgIpc) is 2.17. The van der Waals surface area contributed by atoms with Gasteiger partial charge in [-0.1, -0.05) is 6.92 Å². The summed E-state index contributed by atoms with van der Waals surface area (Å²) in [7, 11) is 0. The van der Waals surface area contributed by atoms with E-state index in [1.165, 1.54) is 6.92 Å². The summed E-state index contributed by atoms with van der Waals surface area (Å²) in [5.74, 6) is -2.10. The van der Waals surface area contributed by atoms with Crippen molar-refractivity contribution in [3.63, 3.8) is 0 Å². The highest BCUT2D eigenvalue weighted by atomic mass is 19.4. The van der Waals surface area contributed by atoms with Crippen molar-refractivity contribution in [2.45, 2.75) is 32.9 Å². The average molecular weight is 253 g/mol. The fourth-order valence-electron chi connectivity index (χ4n) is 1.07. The number of halogens is 3. The second-order valence-electron chi connectivity index (χ2n) is 3.16. The molecule has 0 saturated heterocycles. The van der Waals surface area contributed by atoms with Gasteiger partial charge in [0.1, 0.15) is 11.3 Å². The molecule has 0 aromatic heterocycles. The van der Waals surface area contributed by atoms with Crippen molar-refractivity contribution < 1.29 is 27.8 Å². The molecule has 0 atom stereocenters. The molecular formula is C10H14F3NO3. The number of rotatable bonds is 5. The van der Waals surface area contributed by atoms with E-state index in [2.05, 4.69) is 4.74 Å². The molecule has 4 nitrogen and oxygen atoms in total. The Morgan fingerprint density at radius 3 is 2.24 bits per heavy atom. The highest BCUT2D eigenvalue weighted by Crippen LogP contribution is 2.24. The minimum atomic E-state index is -5.00. The summed E-state index contributed by atoms with van der Waals surface area (Å²) >= 11 is 0. The maximum Gasteiger partial charge on any atom is 0.433 e. The zero-order valence-electron chi connectivity index (χ0n) is 9.52. The van der Waals surface area contributed by atoms with Gasteiger partial charge in [0.25, 0.3) is 0 Å². The van der Waals surface area contributed by atoms with Crippen LogP contribution in [-0.2, 0) is 9.53 Å². The highest BCUT2D eigenvalue weighted by Gasteiger charge is 2.41. The molecule has 0 bridgehead atoms. The molecule has 0 fully saturated rings. The first-order chi connectivity index (χ1) is 7.75. The molecule has 0 aliphatic heterocycles. The van der Waals surface area contributed by atoms with Gasteiger partial charge in [-0.25, -0.2) is 4.79 Å². The lowest BCUT2D eigenvalue weighted by Crippen LogP contribution is -2.30. The minimum Gasteiger partial charge on any atom is -0.511 e. The van der Waals surface area contributed by atoms with Crippen LogP contribution in [0.25, 0.3) is 0 Å². The smallest absolute Gasteiger partial charge is 0.433 e. The lowest BCUT2D eigenvalue weighted by molar-refractivity contribution is -0.138. The summed E-state index contributed by atoms with van der Waals surface area (Å²) in [4.78, 5) is 11.3. The van der Waals surface area contributed by atoms with Crippen molar-refractivity contribution in [2.24, 2.45) is 0 Å². The SMILES string of the molecule is CCCC(O)=C(C(=N)C(F)(F)F)C(=O)OCC. The third-order valence-corrected chi connectivity index (χ3v) is 1.79. The van der Waals surface area contributed by atoms with Crippen LogP contribution in [0.5, 0.6) is 0 Å². The van der Waals surface area contributed by atoms with Gasteiger partial charge in [-0.2, -0.15) is 13.2 Å². The quantitative estimate of drug-likeness (QED) is 0.342. The first kappa shape index (κ1) is 15.5. The Labute approximate surface area is 96.6 Å². The fraction of sp³-hybridized carbons (Fsp3) is 0.600. The number of hydrogen-bond acceptors (Lipinski definition) is 4. The molecule has 0 aromatic carbocycles. The molecule has 0 unspecified atom stereocenters. The summed E-state index contributed by atoms with van der Waals surface area (Å²) in [6, 6.07) is 0. The zero-order chi connectivity index (χ0) is 13.6. The lowest BCUT2D eigenvalue weighted by Gasteiger charge is -2.13. The van der Waals surface area contributed by atoms with Crippen molar-refractivity contribution in [1.29, 1.82) is 5.41 Å². The number of allylic oxidation sites excluding steroid dienone is 1. The zero-order valence-corrected chi connectivity index (χ0v) is 9.52. The number of alkyl halides is 3. The van der Waals surface area contributed by atoms with Crippen LogP contribution in [-0.4, -0.2) is 29.6 Å². The van der Waals surface area contributed by atoms with Gasteiger partial charge in [-0.15, -0.1) is 0 Å². The van der Waals surface area contributed by atoms with E-state index in [4.69, 9.17) is 5.41 Å². The third-order valence-electron chi connectivity index (χ3n) is 1.79. The number of carbonyl (C=O) groups is 1. The van der Waals surface area contributed by atoms with E-state index in [1.807, 2.05) is 0 Å². The van der Waals surface area contributed by atoms with Gasteiger partial charge in [0.15, 0.2) is 5.71 Å². The van der Waals surface area contributed by atoms with Crippen molar-refractivity contribution in [3.05, 3.63) is 11.3 Å². The number of hydrogen-bond donors (Lipinski definition) is 2. The van der Waals surface area contributed by atoms with Crippen molar-refractivity contribution in [2.75, 3.05) is 6.61 Å². The molecule has 2 N–H and O–H groups in total. The number of ether oxygens (including phenoxy) is 1. The summed E-state index contributed by atoms with van der Waals surface area (Å²) in [5, 5.41) is 16.2. The van der Waals surface area contributed by atoms with Crippen molar-refractivity contribution in [3.8, 4) is 0 Å². The van der Waals surface area contributed by atoms with Gasteiger partial charge < -0.3 is 9.84 Å². The van der Waals surface area contributed by atoms with E-state index >= 15 is 0 Å². The van der Waals surface area contributed by atoms with Crippen molar-refractivity contribution in [1.82, 2.24) is 0 Å². The van der Waals surface area contributed by atoms with Crippen LogP contribution in [0.2, 0.25) is 0 Å². The second kappa shape index (κ2) is 6.27. The third kappa shape index (κ3) is 4.46. The minimum absolute atomic E-state index is 0.118. The topological polar surface area (TPSA) is 70.4 Å². The summed E-state index contributed by atoms with van der Waals surface area (Å²) in [6.45, 7) is 2.91. The fourth-order valence-corrected chi connectivity index (χ4v) is 1.07. The van der Waals surface area contributed by atoms with E-state index in [0.29, 0.717) is 6.42 Å². The maximum atomic E-state index is 12.3. The Kier molecular flexibility index (Phi) is 5.70. The van der Waals surface area contributed by atoms with Crippen LogP contribution in [0.3, 0.4) is 0 Å². The number of aliphatic hydroxyl groups is 1. The summed E-state index contributed by atoms with van der Waals surface area (Å²) < 4.78 is 41.4. The number of nitrogens with one attached hydrogen (secondary N) is 1. The Hall–Kier alpha value is -1.53. The molecule has 17 heavy (non-hydrogen) atoms. The van der Waals surface area contributed by atoms with Crippen LogP contribution in [0.4, 0.5) is 13.2 Å². The summed E-state index contributed by atoms with van der Waals surface area (Å²) in [5.41, 5.74) is -3.00. The van der Waals surface area contributed by atoms with E-state index in [9.17, 15) is 23.1 Å². The number of aliphatic hydroxyl groups excluding tert-OH is 1. The molecule has 98 valence electrons. The standard InChI is InChI=1S/C10H14F3NO3/c1-3-5-6(15)7(9(16)17-4-2)8(14)10(11,12)13/h14-15H,3-5H2,1-2H3. The molecular weight excluding hydrogens is 239 g/mol. The Morgan fingerprint density at radius 2 is 1.88 bits per heavy atom. The Morgan fingerprint density at radius 1 is 1.35 bits per heavy atom. The molecule has 0 saturated carbocycles. The predicted octanol–water partition coefficient (Wildman–Crippen LogP) is 2.74. The maximum absolute atomic E-state index is 12.3. The first-order valence-electron chi connectivity index (χ1n) is 5.01. The van der Waals surface area contributed by atoms with E-state index in [-0.39, 0.29) is 13.0 Å². The lowest BCUT2D eigenvalue weighted by atomic mass is 10.1. The van der Waals surface area contributed by atoms with Crippen molar-refractivity contribution >= 4 is 11.7 Å².